The van der Waals surface area contributed by atoms with Gasteiger partial charge >= 0.3 is 0 Å². The van der Waals surface area contributed by atoms with Gasteiger partial charge < -0.3 is 24.8 Å². The fraction of sp³-hybridized carbons (Fsp3) is 0.435. The summed E-state index contributed by atoms with van der Waals surface area (Å²) in [7, 11) is 1.51. The fourth-order valence-electron chi connectivity index (χ4n) is 3.74. The van der Waals surface area contributed by atoms with Crippen LogP contribution in [0.25, 0.3) is 0 Å². The number of nitrogens with zero attached hydrogens (tertiary/aromatic N) is 1. The molecule has 0 unspecified atom stereocenters. The number of aliphatic hydroxyl groups is 3. The molecule has 1 aliphatic heterocycles. The lowest BCUT2D eigenvalue weighted by molar-refractivity contribution is -0.181. The molecule has 6 heteroatoms. The van der Waals surface area contributed by atoms with Gasteiger partial charge in [0, 0.05) is 12.0 Å². The zero-order valence-electron chi connectivity index (χ0n) is 16.7. The van der Waals surface area contributed by atoms with Gasteiger partial charge in [0.05, 0.1) is 37.6 Å². The summed E-state index contributed by atoms with van der Waals surface area (Å²) in [6.45, 7) is 1.71. The topological polar surface area (TPSA) is 103 Å². The number of rotatable bonds is 6. The van der Waals surface area contributed by atoms with Crippen LogP contribution in [0.2, 0.25) is 0 Å². The molecule has 2 aromatic rings. The van der Waals surface area contributed by atoms with Crippen LogP contribution in [0, 0.1) is 11.3 Å². The molecule has 6 nitrogen and oxygen atoms in total. The highest BCUT2D eigenvalue weighted by atomic mass is 16.5. The summed E-state index contributed by atoms with van der Waals surface area (Å²) >= 11 is 0. The molecule has 3 N–H and O–H groups in total. The fourth-order valence-corrected chi connectivity index (χ4v) is 3.74. The van der Waals surface area contributed by atoms with E-state index in [9.17, 15) is 20.6 Å². The van der Waals surface area contributed by atoms with Crippen molar-refractivity contribution in [3.05, 3.63) is 64.2 Å². The molecule has 0 saturated carbocycles. The van der Waals surface area contributed by atoms with E-state index in [-0.39, 0.29) is 6.42 Å². The van der Waals surface area contributed by atoms with Crippen molar-refractivity contribution in [1.29, 1.82) is 5.26 Å². The molecule has 1 fully saturated rings. The van der Waals surface area contributed by atoms with Gasteiger partial charge in [-0.3, -0.25) is 0 Å². The Morgan fingerprint density at radius 2 is 1.86 bits per heavy atom. The van der Waals surface area contributed by atoms with Crippen molar-refractivity contribution in [2.45, 2.75) is 50.6 Å². The van der Waals surface area contributed by atoms with Gasteiger partial charge in [-0.15, -0.1) is 0 Å². The summed E-state index contributed by atoms with van der Waals surface area (Å²) in [6, 6.07) is 14.1. The van der Waals surface area contributed by atoms with Gasteiger partial charge in [0.2, 0.25) is 0 Å². The molecule has 0 radical (unpaired) electrons. The van der Waals surface area contributed by atoms with Crippen LogP contribution in [0.5, 0.6) is 5.75 Å². The molecule has 29 heavy (non-hydrogen) atoms. The van der Waals surface area contributed by atoms with Crippen LogP contribution < -0.4 is 4.74 Å². The lowest BCUT2D eigenvalue weighted by Crippen LogP contribution is -2.47. The highest BCUT2D eigenvalue weighted by Gasteiger charge is 2.38. The zero-order chi connectivity index (χ0) is 21.0. The summed E-state index contributed by atoms with van der Waals surface area (Å²) in [5.74, 6) is 0.483. The predicted molar refractivity (Wildman–Crippen MR) is 108 cm³/mol. The zero-order valence-corrected chi connectivity index (χ0v) is 16.7. The first-order valence-corrected chi connectivity index (χ1v) is 9.81. The lowest BCUT2D eigenvalue weighted by Gasteiger charge is -2.37. The van der Waals surface area contributed by atoms with Crippen molar-refractivity contribution < 1.29 is 24.8 Å². The molecule has 0 amide bonds. The van der Waals surface area contributed by atoms with E-state index in [0.29, 0.717) is 23.3 Å². The molecular weight excluding hydrogens is 370 g/mol. The minimum atomic E-state index is -1.14. The second-order valence-corrected chi connectivity index (χ2v) is 7.35. The van der Waals surface area contributed by atoms with Gasteiger partial charge in [-0.1, -0.05) is 31.2 Å². The van der Waals surface area contributed by atoms with Crippen molar-refractivity contribution in [3.63, 3.8) is 0 Å². The first-order chi connectivity index (χ1) is 14.0. The average Bonchev–Trinajstić information content (AvgIpc) is 2.75. The van der Waals surface area contributed by atoms with E-state index < -0.39 is 31.0 Å². The minimum absolute atomic E-state index is 0.171. The van der Waals surface area contributed by atoms with Crippen LogP contribution in [0.15, 0.2) is 36.4 Å². The normalized spacial score (nSPS) is 24.1. The second kappa shape index (κ2) is 9.38. The number of hydrogen-bond donors (Lipinski definition) is 3. The maximum Gasteiger partial charge on any atom is 0.126 e. The molecule has 0 bridgehead atoms. The molecule has 3 rings (SSSR count). The van der Waals surface area contributed by atoms with Gasteiger partial charge in [-0.25, -0.2) is 0 Å². The molecule has 154 valence electrons. The number of aryl methyl sites for hydroxylation is 1. The minimum Gasteiger partial charge on any atom is -0.496 e. The summed E-state index contributed by atoms with van der Waals surface area (Å²) in [5, 5.41) is 39.3. The first-order valence-electron chi connectivity index (χ1n) is 9.81. The SMILES string of the molecule is CCc1ccc(Cc2cc([C@H]3C[C@@H](O)[C@H](O)[C@@H](CO)O3)c(OC)cc2C#N)cc1. The molecule has 0 aliphatic carbocycles. The number of hydrogen-bond acceptors (Lipinski definition) is 6. The average molecular weight is 397 g/mol. The lowest BCUT2D eigenvalue weighted by atomic mass is 9.90. The van der Waals surface area contributed by atoms with E-state index in [4.69, 9.17) is 9.47 Å². The largest absolute Gasteiger partial charge is 0.496 e. The van der Waals surface area contributed by atoms with Gasteiger partial charge in [0.25, 0.3) is 0 Å². The van der Waals surface area contributed by atoms with E-state index >= 15 is 0 Å². The Morgan fingerprint density at radius 1 is 1.17 bits per heavy atom. The first kappa shape index (κ1) is 21.3. The molecule has 4 atom stereocenters. The number of nitriles is 1. The molecule has 0 aromatic heterocycles. The highest BCUT2D eigenvalue weighted by Crippen LogP contribution is 2.38. The van der Waals surface area contributed by atoms with Crippen molar-refractivity contribution in [2.75, 3.05) is 13.7 Å². The van der Waals surface area contributed by atoms with Crippen LogP contribution in [0.1, 0.15) is 47.3 Å². The predicted octanol–water partition coefficient (Wildman–Crippen LogP) is 2.26. The Hall–Kier alpha value is -2.43. The van der Waals surface area contributed by atoms with Crippen LogP contribution in [-0.2, 0) is 17.6 Å². The Bertz CT molecular complexity index is 874. The Balaban J connectivity index is 1.96. The monoisotopic (exact) mass is 397 g/mol. The van der Waals surface area contributed by atoms with E-state index in [1.807, 2.05) is 6.07 Å². The molecular formula is C23H27NO5. The van der Waals surface area contributed by atoms with Crippen LogP contribution >= 0.6 is 0 Å². The highest BCUT2D eigenvalue weighted by molar-refractivity contribution is 5.50. The quantitative estimate of drug-likeness (QED) is 0.691. The van der Waals surface area contributed by atoms with Gasteiger partial charge in [-0.05, 0) is 41.7 Å². The molecule has 1 saturated heterocycles. The molecule has 1 aliphatic rings. The van der Waals surface area contributed by atoms with Crippen molar-refractivity contribution >= 4 is 0 Å². The van der Waals surface area contributed by atoms with E-state index in [1.165, 1.54) is 12.7 Å². The molecule has 0 spiro atoms. The van der Waals surface area contributed by atoms with Gasteiger partial charge in [0.1, 0.15) is 18.0 Å². The Morgan fingerprint density at radius 3 is 2.45 bits per heavy atom. The Labute approximate surface area is 170 Å². The summed E-state index contributed by atoms with van der Waals surface area (Å²) in [6.07, 6.45) is -1.89. The second-order valence-electron chi connectivity index (χ2n) is 7.35. The van der Waals surface area contributed by atoms with Crippen molar-refractivity contribution in [2.24, 2.45) is 0 Å². The molecule has 1 heterocycles. The van der Waals surface area contributed by atoms with Crippen LogP contribution in [0.3, 0.4) is 0 Å². The van der Waals surface area contributed by atoms with Crippen molar-refractivity contribution in [1.82, 2.24) is 0 Å². The standard InChI is InChI=1S/C23H27NO5/c1-3-14-4-6-15(7-5-14)8-16-9-18(20(28-2)10-17(16)12-24)21-11-19(26)23(27)22(13-25)29-21/h4-7,9-10,19,21-23,25-27H,3,8,11,13H2,1-2H3/t19-,21-,22-,23+/m1/s1. The molecule has 2 aromatic carbocycles. The van der Waals surface area contributed by atoms with Crippen LogP contribution in [-0.4, -0.2) is 47.3 Å². The van der Waals surface area contributed by atoms with E-state index in [2.05, 4.69) is 37.3 Å². The summed E-state index contributed by atoms with van der Waals surface area (Å²) in [5.41, 5.74) is 4.37. The van der Waals surface area contributed by atoms with Crippen LogP contribution in [0.4, 0.5) is 0 Å². The third-order valence-corrected chi connectivity index (χ3v) is 5.50. The maximum absolute atomic E-state index is 10.2. The van der Waals surface area contributed by atoms with Gasteiger partial charge in [-0.2, -0.15) is 5.26 Å². The Kier molecular flexibility index (Phi) is 6.88. The number of benzene rings is 2. The third-order valence-electron chi connectivity index (χ3n) is 5.50. The van der Waals surface area contributed by atoms with Crippen molar-refractivity contribution in [3.8, 4) is 11.8 Å². The number of methoxy groups -OCH3 is 1. The summed E-state index contributed by atoms with van der Waals surface area (Å²) < 4.78 is 11.3. The third kappa shape index (κ3) is 4.60. The van der Waals surface area contributed by atoms with E-state index in [0.717, 1.165) is 17.5 Å². The number of ether oxygens (including phenoxy) is 2. The van der Waals surface area contributed by atoms with E-state index in [1.54, 1.807) is 6.07 Å². The number of aliphatic hydroxyl groups excluding tert-OH is 3. The maximum atomic E-state index is 10.2. The smallest absolute Gasteiger partial charge is 0.126 e. The summed E-state index contributed by atoms with van der Waals surface area (Å²) in [4.78, 5) is 0. The van der Waals surface area contributed by atoms with Gasteiger partial charge in [0.15, 0.2) is 0 Å².